The van der Waals surface area contributed by atoms with Crippen LogP contribution in [-0.4, -0.2) is 45.1 Å². The van der Waals surface area contributed by atoms with Gasteiger partial charge in [0.1, 0.15) is 6.04 Å². The smallest absolute Gasteiger partial charge is 0.241 e. The van der Waals surface area contributed by atoms with Crippen LogP contribution in [0.5, 0.6) is 0 Å². The van der Waals surface area contributed by atoms with E-state index < -0.39 is 11.6 Å². The largest absolute Gasteiger partial charge is 0.412 e. The number of nitriles is 1. The van der Waals surface area contributed by atoms with Crippen molar-refractivity contribution < 1.29 is 15.4 Å². The molecule has 24 heavy (non-hydrogen) atoms. The zero-order chi connectivity index (χ0) is 16.0. The van der Waals surface area contributed by atoms with Crippen molar-refractivity contribution in [3.05, 3.63) is 0 Å². The zero-order valence-electron chi connectivity index (χ0n) is 13.9. The Morgan fingerprint density at radius 1 is 1.21 bits per heavy atom. The highest BCUT2D eigenvalue weighted by Gasteiger charge is 2.62. The fraction of sp³-hybridized carbons (Fsp3) is 0.889. The topological polar surface area (TPSA) is 122 Å². The molecule has 5 saturated carbocycles. The van der Waals surface area contributed by atoms with E-state index in [9.17, 15) is 15.2 Å². The fourth-order valence-electron chi connectivity index (χ4n) is 6.96. The highest BCUT2D eigenvalue weighted by atomic mass is 16.3. The predicted octanol–water partition coefficient (Wildman–Crippen LogP) is 0.333. The summed E-state index contributed by atoms with van der Waals surface area (Å²) >= 11 is 0. The third kappa shape index (κ3) is 2.08. The molecule has 1 heterocycles. The zero-order valence-corrected chi connectivity index (χ0v) is 13.9. The van der Waals surface area contributed by atoms with Gasteiger partial charge >= 0.3 is 0 Å². The number of fused-ring (bicyclic) bond motifs is 1. The first-order chi connectivity index (χ1) is 10.9. The van der Waals surface area contributed by atoms with Crippen LogP contribution in [0.3, 0.4) is 0 Å². The van der Waals surface area contributed by atoms with E-state index in [1.54, 1.807) is 4.90 Å². The van der Waals surface area contributed by atoms with E-state index in [-0.39, 0.29) is 28.9 Å². The van der Waals surface area contributed by atoms with Crippen molar-refractivity contribution in [3.63, 3.8) is 0 Å². The average molecular weight is 333 g/mol. The molecule has 0 radical (unpaired) electrons. The summed E-state index contributed by atoms with van der Waals surface area (Å²) in [5, 5.41) is 20.2. The van der Waals surface area contributed by atoms with Gasteiger partial charge in [0.15, 0.2) is 0 Å². The Balaban J connectivity index is 0.00000146. The Hall–Kier alpha value is -1.16. The molecule has 3 unspecified atom stereocenters. The summed E-state index contributed by atoms with van der Waals surface area (Å²) in [6.07, 6.45) is 7.48. The van der Waals surface area contributed by atoms with Crippen molar-refractivity contribution in [2.24, 2.45) is 28.9 Å². The number of rotatable bonds is 2. The summed E-state index contributed by atoms with van der Waals surface area (Å²) in [7, 11) is 0. The molecule has 6 atom stereocenters. The molecule has 1 aliphatic heterocycles. The Kier molecular flexibility index (Phi) is 3.36. The van der Waals surface area contributed by atoms with Gasteiger partial charge in [0.05, 0.1) is 17.7 Å². The second-order valence-electron chi connectivity index (χ2n) is 9.21. The Morgan fingerprint density at radius 2 is 1.88 bits per heavy atom. The molecule has 5 aliphatic carbocycles. The van der Waals surface area contributed by atoms with Crippen LogP contribution in [0.2, 0.25) is 0 Å². The molecule has 132 valence electrons. The molecule has 4 bridgehead atoms. The van der Waals surface area contributed by atoms with Crippen molar-refractivity contribution in [1.29, 1.82) is 5.26 Å². The van der Waals surface area contributed by atoms with Gasteiger partial charge in [0, 0.05) is 6.04 Å². The van der Waals surface area contributed by atoms with Gasteiger partial charge in [0.2, 0.25) is 5.91 Å². The average Bonchev–Trinajstić information content (AvgIpc) is 3.14. The highest BCUT2D eigenvalue weighted by Crippen LogP contribution is 2.63. The maximum atomic E-state index is 13.1. The summed E-state index contributed by atoms with van der Waals surface area (Å²) in [4.78, 5) is 14.9. The highest BCUT2D eigenvalue weighted by molar-refractivity contribution is 5.84. The maximum Gasteiger partial charge on any atom is 0.241 e. The van der Waals surface area contributed by atoms with Crippen LogP contribution in [-0.2, 0) is 4.79 Å². The van der Waals surface area contributed by atoms with Crippen molar-refractivity contribution in [1.82, 2.24) is 4.90 Å². The third-order valence-electron chi connectivity index (χ3n) is 7.51. The normalized spacial score (nSPS) is 51.5. The number of aliphatic hydroxyl groups is 1. The minimum atomic E-state index is -0.594. The summed E-state index contributed by atoms with van der Waals surface area (Å²) in [6.45, 7) is 0. The quantitative estimate of drug-likeness (QED) is 0.756. The Labute approximate surface area is 142 Å². The lowest BCUT2D eigenvalue weighted by Gasteiger charge is -2.61. The fourth-order valence-corrected chi connectivity index (χ4v) is 6.96. The molecule has 6 rings (SSSR count). The molecule has 6 heteroatoms. The molecule has 5 N–H and O–H groups in total. The van der Waals surface area contributed by atoms with Gasteiger partial charge in [-0.15, -0.1) is 0 Å². The lowest BCUT2D eigenvalue weighted by Crippen LogP contribution is -2.64. The van der Waals surface area contributed by atoms with Crippen LogP contribution in [0.15, 0.2) is 0 Å². The third-order valence-corrected chi connectivity index (χ3v) is 7.51. The number of nitrogens with zero attached hydrogens (tertiary/aromatic N) is 2. The molecule has 1 amide bonds. The van der Waals surface area contributed by atoms with E-state index in [0.717, 1.165) is 38.5 Å². The van der Waals surface area contributed by atoms with Crippen LogP contribution in [0.1, 0.15) is 51.4 Å². The van der Waals surface area contributed by atoms with Crippen LogP contribution in [0, 0.1) is 34.5 Å². The first-order valence-corrected chi connectivity index (χ1v) is 9.13. The van der Waals surface area contributed by atoms with Crippen molar-refractivity contribution in [2.75, 3.05) is 0 Å². The van der Waals surface area contributed by atoms with Crippen molar-refractivity contribution in [2.45, 2.75) is 75.1 Å². The number of carbonyl (C=O) groups is 1. The summed E-state index contributed by atoms with van der Waals surface area (Å²) in [5.74, 6) is 1.56. The number of hydrogen-bond donors (Lipinski definition) is 2. The minimum absolute atomic E-state index is 0. The molecular weight excluding hydrogens is 306 g/mol. The van der Waals surface area contributed by atoms with Gasteiger partial charge in [-0.2, -0.15) is 5.26 Å². The SMILES string of the molecule is N#C[C@@H]1CC2C[C@@H]2N1C(=O)[C@@H](N)C12CC3CC(CC(O)(C3)C1)C2.O. The van der Waals surface area contributed by atoms with E-state index >= 15 is 0 Å². The molecule has 1 saturated heterocycles. The first-order valence-electron chi connectivity index (χ1n) is 9.13. The molecule has 0 aromatic heterocycles. The first kappa shape index (κ1) is 16.3. The summed E-state index contributed by atoms with van der Waals surface area (Å²) < 4.78 is 0. The second-order valence-corrected chi connectivity index (χ2v) is 9.21. The number of carbonyl (C=O) groups excluding carboxylic acids is 1. The number of nitrogens with two attached hydrogens (primary N) is 1. The number of hydrogen-bond acceptors (Lipinski definition) is 4. The van der Waals surface area contributed by atoms with Crippen LogP contribution in [0.25, 0.3) is 0 Å². The van der Waals surface area contributed by atoms with Crippen LogP contribution >= 0.6 is 0 Å². The predicted molar refractivity (Wildman–Crippen MR) is 86.4 cm³/mol. The molecule has 0 aromatic rings. The molecule has 0 spiro atoms. The Bertz CT molecular complexity index is 601. The monoisotopic (exact) mass is 333 g/mol. The molecular formula is C18H27N3O3. The van der Waals surface area contributed by atoms with Crippen molar-refractivity contribution >= 4 is 5.91 Å². The lowest BCUT2D eigenvalue weighted by molar-refractivity contribution is -0.177. The van der Waals surface area contributed by atoms with E-state index in [1.807, 2.05) is 0 Å². The van der Waals surface area contributed by atoms with Gasteiger partial charge in [-0.25, -0.2) is 0 Å². The van der Waals surface area contributed by atoms with Gasteiger partial charge in [-0.05, 0) is 74.5 Å². The standard InChI is InChI=1S/C18H25N3O2.H2O/c19-8-13-2-12-3-14(12)21(13)16(22)15(20)17-4-10-1-11(5-17)7-18(23,6-10)9-17;/h10-15,23H,1-7,9,20H2;1H2/t10?,11?,12?,13-,14-,15+,17?,18?;/m0./s1. The molecule has 6 aliphatic rings. The Morgan fingerprint density at radius 3 is 2.46 bits per heavy atom. The van der Waals surface area contributed by atoms with E-state index in [0.29, 0.717) is 24.2 Å². The van der Waals surface area contributed by atoms with Gasteiger partial charge in [-0.1, -0.05) is 0 Å². The molecule has 6 fully saturated rings. The van der Waals surface area contributed by atoms with Gasteiger partial charge < -0.3 is 21.2 Å². The molecule has 6 nitrogen and oxygen atoms in total. The second kappa shape index (κ2) is 4.94. The van der Waals surface area contributed by atoms with Gasteiger partial charge in [0.25, 0.3) is 0 Å². The van der Waals surface area contributed by atoms with E-state index in [4.69, 9.17) is 5.73 Å². The number of amides is 1. The number of piperidine rings is 1. The van der Waals surface area contributed by atoms with Crippen LogP contribution < -0.4 is 5.73 Å². The van der Waals surface area contributed by atoms with Gasteiger partial charge in [-0.3, -0.25) is 4.79 Å². The van der Waals surface area contributed by atoms with E-state index in [1.165, 1.54) is 6.42 Å². The molecule has 0 aromatic carbocycles. The number of likely N-dealkylation sites (tertiary alicyclic amines) is 1. The van der Waals surface area contributed by atoms with Crippen LogP contribution in [0.4, 0.5) is 0 Å². The summed E-state index contributed by atoms with van der Waals surface area (Å²) in [5.41, 5.74) is 5.71. The summed E-state index contributed by atoms with van der Waals surface area (Å²) in [6, 6.07) is 1.72. The minimum Gasteiger partial charge on any atom is -0.412 e. The van der Waals surface area contributed by atoms with E-state index in [2.05, 4.69) is 6.07 Å². The van der Waals surface area contributed by atoms with Crippen molar-refractivity contribution in [3.8, 4) is 6.07 Å². The maximum absolute atomic E-state index is 13.1. The lowest BCUT2D eigenvalue weighted by atomic mass is 9.46.